The molecule has 2 atom stereocenters. The van der Waals surface area contributed by atoms with Gasteiger partial charge in [-0.25, -0.2) is 0 Å². The molecule has 0 heterocycles. The van der Waals surface area contributed by atoms with Crippen LogP contribution in [0.25, 0.3) is 0 Å². The van der Waals surface area contributed by atoms with E-state index in [9.17, 15) is 5.11 Å². The molecule has 2 nitrogen and oxygen atoms in total. The van der Waals surface area contributed by atoms with Crippen molar-refractivity contribution in [3.05, 3.63) is 35.4 Å². The normalized spacial score (nSPS) is 20.9. The summed E-state index contributed by atoms with van der Waals surface area (Å²) in [7, 11) is 0. The van der Waals surface area contributed by atoms with E-state index < -0.39 is 0 Å². The number of nitrogens with one attached hydrogen (secondary N) is 1. The van der Waals surface area contributed by atoms with Gasteiger partial charge in [0.15, 0.2) is 0 Å². The predicted molar refractivity (Wildman–Crippen MR) is 80.2 cm³/mol. The molecule has 0 radical (unpaired) electrons. The Hall–Kier alpha value is -0.860. The van der Waals surface area contributed by atoms with Crippen LogP contribution in [0.1, 0.15) is 57.2 Å². The van der Waals surface area contributed by atoms with Gasteiger partial charge in [-0.15, -0.1) is 0 Å². The zero-order valence-corrected chi connectivity index (χ0v) is 12.4. The molecular formula is C17H27NO. The van der Waals surface area contributed by atoms with Crippen molar-refractivity contribution in [2.75, 3.05) is 6.54 Å². The molecule has 0 saturated heterocycles. The molecule has 2 unspecified atom stereocenters. The smallest absolute Gasteiger partial charge is 0.0517 e. The van der Waals surface area contributed by atoms with E-state index in [1.54, 1.807) is 0 Å². The van der Waals surface area contributed by atoms with Crippen molar-refractivity contribution < 1.29 is 5.11 Å². The highest BCUT2D eigenvalue weighted by Gasteiger charge is 2.24. The Labute approximate surface area is 117 Å². The Balaban J connectivity index is 1.98. The van der Waals surface area contributed by atoms with Gasteiger partial charge in [-0.05, 0) is 49.1 Å². The number of aryl methyl sites for hydroxylation is 1. The second-order valence-electron chi connectivity index (χ2n) is 6.74. The fourth-order valence-electron chi connectivity index (χ4n) is 3.24. The van der Waals surface area contributed by atoms with E-state index in [1.807, 2.05) is 6.92 Å². The van der Waals surface area contributed by atoms with Crippen LogP contribution < -0.4 is 5.32 Å². The Morgan fingerprint density at radius 3 is 2.84 bits per heavy atom. The van der Waals surface area contributed by atoms with Gasteiger partial charge in [0.2, 0.25) is 0 Å². The molecule has 0 saturated carbocycles. The van der Waals surface area contributed by atoms with Crippen LogP contribution in [0.2, 0.25) is 0 Å². The average molecular weight is 261 g/mol. The lowest BCUT2D eigenvalue weighted by Crippen LogP contribution is -2.35. The van der Waals surface area contributed by atoms with Crippen molar-refractivity contribution in [2.24, 2.45) is 5.41 Å². The lowest BCUT2D eigenvalue weighted by molar-refractivity contribution is 0.126. The molecule has 106 valence electrons. The average Bonchev–Trinajstić information content (AvgIpc) is 2.35. The molecule has 1 aliphatic carbocycles. The summed E-state index contributed by atoms with van der Waals surface area (Å²) in [5.41, 5.74) is 3.11. The summed E-state index contributed by atoms with van der Waals surface area (Å²) in [6, 6.07) is 9.27. The summed E-state index contributed by atoms with van der Waals surface area (Å²) in [4.78, 5) is 0. The number of rotatable bonds is 5. The second kappa shape index (κ2) is 6.06. The van der Waals surface area contributed by atoms with Crippen LogP contribution in [-0.2, 0) is 6.42 Å². The first-order valence-electron chi connectivity index (χ1n) is 7.47. The molecule has 0 spiro atoms. The molecule has 2 heteroatoms. The molecule has 0 fully saturated rings. The minimum absolute atomic E-state index is 0.139. The topological polar surface area (TPSA) is 32.3 Å². The highest BCUT2D eigenvalue weighted by atomic mass is 16.3. The van der Waals surface area contributed by atoms with Crippen LogP contribution in [0, 0.1) is 5.41 Å². The number of hydrogen-bond donors (Lipinski definition) is 2. The van der Waals surface area contributed by atoms with Gasteiger partial charge >= 0.3 is 0 Å². The number of fused-ring (bicyclic) bond motifs is 1. The van der Waals surface area contributed by atoms with Crippen molar-refractivity contribution in [3.63, 3.8) is 0 Å². The molecule has 1 aromatic carbocycles. The molecule has 0 amide bonds. The zero-order chi connectivity index (χ0) is 13.9. The fourth-order valence-corrected chi connectivity index (χ4v) is 3.24. The maximum Gasteiger partial charge on any atom is 0.0517 e. The summed E-state index contributed by atoms with van der Waals surface area (Å²) in [6.45, 7) is 7.28. The SMILES string of the molecule is CC(O)CC(C)(C)CNC1CCCc2ccccc21. The van der Waals surface area contributed by atoms with Crippen molar-refractivity contribution >= 4 is 0 Å². The van der Waals surface area contributed by atoms with Gasteiger partial charge in [0.1, 0.15) is 0 Å². The maximum absolute atomic E-state index is 9.55. The molecule has 19 heavy (non-hydrogen) atoms. The number of hydrogen-bond acceptors (Lipinski definition) is 2. The van der Waals surface area contributed by atoms with Crippen LogP contribution in [0.4, 0.5) is 0 Å². The van der Waals surface area contributed by atoms with Crippen molar-refractivity contribution in [1.29, 1.82) is 0 Å². The third-order valence-electron chi connectivity index (χ3n) is 4.04. The van der Waals surface area contributed by atoms with E-state index in [1.165, 1.54) is 30.4 Å². The third-order valence-corrected chi connectivity index (χ3v) is 4.04. The van der Waals surface area contributed by atoms with E-state index >= 15 is 0 Å². The van der Waals surface area contributed by atoms with E-state index in [2.05, 4.69) is 43.4 Å². The summed E-state index contributed by atoms with van der Waals surface area (Å²) < 4.78 is 0. The zero-order valence-electron chi connectivity index (χ0n) is 12.4. The van der Waals surface area contributed by atoms with E-state index in [4.69, 9.17) is 0 Å². The van der Waals surface area contributed by atoms with Gasteiger partial charge in [-0.2, -0.15) is 0 Å². The molecule has 0 aliphatic heterocycles. The highest BCUT2D eigenvalue weighted by molar-refractivity contribution is 5.32. The molecular weight excluding hydrogens is 234 g/mol. The van der Waals surface area contributed by atoms with Crippen LogP contribution in [0.3, 0.4) is 0 Å². The molecule has 0 aromatic heterocycles. The second-order valence-corrected chi connectivity index (χ2v) is 6.74. The Kier molecular flexibility index (Phi) is 4.64. The van der Waals surface area contributed by atoms with Crippen LogP contribution in [0.15, 0.2) is 24.3 Å². The molecule has 1 aliphatic rings. The van der Waals surface area contributed by atoms with Crippen molar-refractivity contribution in [2.45, 2.75) is 58.6 Å². The standard InChI is InChI=1S/C17H27NO/c1-13(19)11-17(2,3)12-18-16-10-6-8-14-7-4-5-9-15(14)16/h4-5,7,9,13,16,18-19H,6,8,10-12H2,1-3H3. The van der Waals surface area contributed by atoms with E-state index in [0.29, 0.717) is 6.04 Å². The van der Waals surface area contributed by atoms with Crippen molar-refractivity contribution in [1.82, 2.24) is 5.32 Å². The Morgan fingerprint density at radius 2 is 2.11 bits per heavy atom. The summed E-state index contributed by atoms with van der Waals surface area (Å²) >= 11 is 0. The lowest BCUT2D eigenvalue weighted by atomic mass is 9.84. The quantitative estimate of drug-likeness (QED) is 0.851. The van der Waals surface area contributed by atoms with Gasteiger partial charge in [-0.3, -0.25) is 0 Å². The monoisotopic (exact) mass is 261 g/mol. The number of benzene rings is 1. The summed E-state index contributed by atoms with van der Waals surface area (Å²) in [6.07, 6.45) is 4.32. The van der Waals surface area contributed by atoms with Crippen molar-refractivity contribution in [3.8, 4) is 0 Å². The molecule has 2 rings (SSSR count). The molecule has 0 bridgehead atoms. The highest BCUT2D eigenvalue weighted by Crippen LogP contribution is 2.31. The first-order valence-corrected chi connectivity index (χ1v) is 7.47. The minimum atomic E-state index is -0.226. The van der Waals surface area contributed by atoms with Gasteiger partial charge in [0.05, 0.1) is 6.10 Å². The van der Waals surface area contributed by atoms with Gasteiger partial charge in [-0.1, -0.05) is 38.1 Å². The Morgan fingerprint density at radius 1 is 1.37 bits per heavy atom. The summed E-state index contributed by atoms with van der Waals surface area (Å²) in [5, 5.41) is 13.3. The van der Waals surface area contributed by atoms with Crippen LogP contribution in [-0.4, -0.2) is 17.8 Å². The van der Waals surface area contributed by atoms with Gasteiger partial charge in [0, 0.05) is 12.6 Å². The molecule has 1 aromatic rings. The minimum Gasteiger partial charge on any atom is -0.393 e. The third kappa shape index (κ3) is 4.05. The van der Waals surface area contributed by atoms with Crippen LogP contribution >= 0.6 is 0 Å². The predicted octanol–water partition coefficient (Wildman–Crippen LogP) is 3.45. The first-order chi connectivity index (χ1) is 8.98. The summed E-state index contributed by atoms with van der Waals surface area (Å²) in [5.74, 6) is 0. The number of aliphatic hydroxyl groups excluding tert-OH is 1. The largest absolute Gasteiger partial charge is 0.393 e. The van der Waals surface area contributed by atoms with Gasteiger partial charge in [0.25, 0.3) is 0 Å². The fraction of sp³-hybridized carbons (Fsp3) is 0.647. The molecule has 2 N–H and O–H groups in total. The van der Waals surface area contributed by atoms with E-state index in [-0.39, 0.29) is 11.5 Å². The Bertz CT molecular complexity index is 411. The number of aliphatic hydroxyl groups is 1. The van der Waals surface area contributed by atoms with Crippen LogP contribution in [0.5, 0.6) is 0 Å². The first kappa shape index (κ1) is 14.5. The van der Waals surface area contributed by atoms with Gasteiger partial charge < -0.3 is 10.4 Å². The lowest BCUT2D eigenvalue weighted by Gasteiger charge is -2.32. The maximum atomic E-state index is 9.55. The van der Waals surface area contributed by atoms with E-state index in [0.717, 1.165) is 13.0 Å².